The second kappa shape index (κ2) is 11.1. The number of ether oxygens (including phenoxy) is 4. The van der Waals surface area contributed by atoms with Gasteiger partial charge in [0.25, 0.3) is 0 Å². The van der Waals surface area contributed by atoms with Crippen molar-refractivity contribution in [3.05, 3.63) is 71.8 Å². The molecule has 6 nitrogen and oxygen atoms in total. The molecule has 0 radical (unpaired) electrons. The zero-order valence-corrected chi connectivity index (χ0v) is 20.4. The Morgan fingerprint density at radius 1 is 0.853 bits per heavy atom. The Kier molecular flexibility index (Phi) is 8.16. The molecule has 1 atom stereocenters. The number of esters is 1. The topological polar surface area (TPSA) is 71.1 Å². The maximum absolute atomic E-state index is 12.6. The van der Waals surface area contributed by atoms with Gasteiger partial charge in [-0.1, -0.05) is 57.2 Å². The largest absolute Gasteiger partial charge is 0.513 e. The van der Waals surface area contributed by atoms with E-state index in [1.807, 2.05) is 43.3 Å². The normalized spacial score (nSPS) is 12.1. The minimum atomic E-state index is -0.730. The summed E-state index contributed by atoms with van der Waals surface area (Å²) in [4.78, 5) is 24.4. The second-order valence-corrected chi connectivity index (χ2v) is 9.46. The van der Waals surface area contributed by atoms with Crippen molar-refractivity contribution in [1.82, 2.24) is 0 Å². The molecular formula is C28H32O6. The molecule has 0 aromatic heterocycles. The minimum absolute atomic E-state index is 0.0826. The Hall–Kier alpha value is -3.54. The number of fused-ring (bicyclic) bond motifs is 1. The Bertz CT molecular complexity index is 1130. The lowest BCUT2D eigenvalue weighted by molar-refractivity contribution is -0.146. The molecule has 0 fully saturated rings. The summed E-state index contributed by atoms with van der Waals surface area (Å²) in [5, 5.41) is 2.08. The fraction of sp³-hybridized carbons (Fsp3) is 0.357. The predicted octanol–water partition coefficient (Wildman–Crippen LogP) is 6.65. The van der Waals surface area contributed by atoms with Gasteiger partial charge < -0.3 is 18.9 Å². The summed E-state index contributed by atoms with van der Waals surface area (Å²) in [6.45, 7) is 8.49. The third-order valence-electron chi connectivity index (χ3n) is 5.50. The Labute approximate surface area is 200 Å². The SMILES string of the molecule is COc1ccc2cc(C(C)C(=O)OCc3ccc(OC(=O)OCCC(C)(C)C)cc3)ccc2c1. The molecule has 3 rings (SSSR count). The van der Waals surface area contributed by atoms with E-state index in [-0.39, 0.29) is 18.0 Å². The van der Waals surface area contributed by atoms with Gasteiger partial charge in [-0.05, 0) is 64.9 Å². The smallest absolute Gasteiger partial charge is 0.497 e. The van der Waals surface area contributed by atoms with Gasteiger partial charge >= 0.3 is 12.1 Å². The number of carbonyl (C=O) groups excluding carboxylic acids is 2. The van der Waals surface area contributed by atoms with E-state index in [4.69, 9.17) is 18.9 Å². The maximum Gasteiger partial charge on any atom is 0.513 e. The van der Waals surface area contributed by atoms with E-state index in [1.54, 1.807) is 31.4 Å². The first-order valence-corrected chi connectivity index (χ1v) is 11.3. The van der Waals surface area contributed by atoms with Crippen LogP contribution in [0.4, 0.5) is 4.79 Å². The number of hydrogen-bond acceptors (Lipinski definition) is 6. The van der Waals surface area contributed by atoms with E-state index in [2.05, 4.69) is 20.8 Å². The molecule has 0 saturated carbocycles. The summed E-state index contributed by atoms with van der Waals surface area (Å²) in [7, 11) is 1.64. The fourth-order valence-electron chi connectivity index (χ4n) is 3.27. The van der Waals surface area contributed by atoms with Crippen LogP contribution in [0.2, 0.25) is 0 Å². The zero-order chi connectivity index (χ0) is 24.7. The quantitative estimate of drug-likeness (QED) is 0.275. The number of hydrogen-bond donors (Lipinski definition) is 0. The van der Waals surface area contributed by atoms with Crippen LogP contribution in [-0.2, 0) is 20.9 Å². The molecule has 3 aromatic carbocycles. The van der Waals surface area contributed by atoms with Crippen molar-refractivity contribution in [2.75, 3.05) is 13.7 Å². The molecular weight excluding hydrogens is 432 g/mol. The standard InChI is InChI=1S/C28H32O6/c1-19(21-8-9-23-17-25(31-5)13-10-22(23)16-21)26(29)33-18-20-6-11-24(12-7-20)34-27(30)32-15-14-28(2,3)4/h6-13,16-17,19H,14-15,18H2,1-5H3. The number of carbonyl (C=O) groups is 2. The van der Waals surface area contributed by atoms with E-state index in [1.165, 1.54) is 0 Å². The van der Waals surface area contributed by atoms with E-state index < -0.39 is 12.1 Å². The van der Waals surface area contributed by atoms with Gasteiger partial charge in [-0.3, -0.25) is 4.79 Å². The first-order chi connectivity index (χ1) is 16.1. The Morgan fingerprint density at radius 2 is 1.50 bits per heavy atom. The molecule has 34 heavy (non-hydrogen) atoms. The Balaban J connectivity index is 1.50. The lowest BCUT2D eigenvalue weighted by Gasteiger charge is -2.17. The van der Waals surface area contributed by atoms with Gasteiger partial charge in [0.05, 0.1) is 19.6 Å². The van der Waals surface area contributed by atoms with Gasteiger partial charge in [0, 0.05) is 0 Å². The van der Waals surface area contributed by atoms with Gasteiger partial charge in [-0.25, -0.2) is 4.79 Å². The second-order valence-electron chi connectivity index (χ2n) is 9.46. The molecule has 0 saturated heterocycles. The first-order valence-electron chi connectivity index (χ1n) is 11.3. The van der Waals surface area contributed by atoms with Crippen LogP contribution < -0.4 is 9.47 Å². The summed E-state index contributed by atoms with van der Waals surface area (Å²) in [5.74, 6) is 0.450. The first kappa shape index (κ1) is 25.1. The summed E-state index contributed by atoms with van der Waals surface area (Å²) in [6.07, 6.45) is 0.0183. The fourth-order valence-corrected chi connectivity index (χ4v) is 3.27. The highest BCUT2D eigenvalue weighted by Gasteiger charge is 2.18. The monoisotopic (exact) mass is 464 g/mol. The third-order valence-corrected chi connectivity index (χ3v) is 5.50. The van der Waals surface area contributed by atoms with Crippen LogP contribution in [0.1, 0.15) is 51.2 Å². The van der Waals surface area contributed by atoms with Crippen LogP contribution in [0.15, 0.2) is 60.7 Å². The average molecular weight is 465 g/mol. The van der Waals surface area contributed by atoms with Crippen molar-refractivity contribution in [3.63, 3.8) is 0 Å². The summed E-state index contributed by atoms with van der Waals surface area (Å²) < 4.78 is 21.0. The molecule has 0 N–H and O–H groups in total. The molecule has 0 heterocycles. The molecule has 0 aliphatic carbocycles. The van der Waals surface area contributed by atoms with Crippen LogP contribution >= 0.6 is 0 Å². The lowest BCUT2D eigenvalue weighted by Crippen LogP contribution is -2.15. The van der Waals surface area contributed by atoms with Gasteiger partial charge in [0.2, 0.25) is 0 Å². The van der Waals surface area contributed by atoms with Crippen molar-refractivity contribution in [2.24, 2.45) is 5.41 Å². The lowest BCUT2D eigenvalue weighted by atomic mass is 9.93. The molecule has 0 spiro atoms. The molecule has 1 unspecified atom stereocenters. The van der Waals surface area contributed by atoms with Gasteiger partial charge in [0.15, 0.2) is 0 Å². The van der Waals surface area contributed by atoms with Gasteiger partial charge in [-0.2, -0.15) is 0 Å². The highest BCUT2D eigenvalue weighted by Crippen LogP contribution is 2.26. The van der Waals surface area contributed by atoms with E-state index in [0.29, 0.717) is 12.4 Å². The molecule has 180 valence electrons. The van der Waals surface area contributed by atoms with Crippen molar-refractivity contribution in [2.45, 2.75) is 46.6 Å². The average Bonchev–Trinajstić information content (AvgIpc) is 2.81. The summed E-state index contributed by atoms with van der Waals surface area (Å²) in [5.41, 5.74) is 1.76. The maximum atomic E-state index is 12.6. The molecule has 0 aliphatic rings. The van der Waals surface area contributed by atoms with Crippen LogP contribution in [0.25, 0.3) is 10.8 Å². The number of methoxy groups -OCH3 is 1. The van der Waals surface area contributed by atoms with E-state index >= 15 is 0 Å². The molecule has 0 bridgehead atoms. The molecule has 6 heteroatoms. The van der Waals surface area contributed by atoms with E-state index in [0.717, 1.165) is 34.1 Å². The highest BCUT2D eigenvalue weighted by atomic mass is 16.7. The van der Waals surface area contributed by atoms with Gasteiger partial charge in [0.1, 0.15) is 18.1 Å². The van der Waals surface area contributed by atoms with Crippen LogP contribution in [0.5, 0.6) is 11.5 Å². The van der Waals surface area contributed by atoms with Gasteiger partial charge in [-0.15, -0.1) is 0 Å². The summed E-state index contributed by atoms with van der Waals surface area (Å²) >= 11 is 0. The van der Waals surface area contributed by atoms with E-state index in [9.17, 15) is 9.59 Å². The van der Waals surface area contributed by atoms with Crippen LogP contribution in [0, 0.1) is 5.41 Å². The predicted molar refractivity (Wildman–Crippen MR) is 131 cm³/mol. The minimum Gasteiger partial charge on any atom is -0.497 e. The van der Waals surface area contributed by atoms with Crippen molar-refractivity contribution in [3.8, 4) is 11.5 Å². The van der Waals surface area contributed by atoms with Crippen molar-refractivity contribution in [1.29, 1.82) is 0 Å². The molecule has 0 aliphatic heterocycles. The highest BCUT2D eigenvalue weighted by molar-refractivity contribution is 5.86. The number of rotatable bonds is 8. The number of benzene rings is 3. The molecule has 3 aromatic rings. The van der Waals surface area contributed by atoms with Crippen LogP contribution in [0.3, 0.4) is 0 Å². The van der Waals surface area contributed by atoms with Crippen molar-refractivity contribution >= 4 is 22.9 Å². The Morgan fingerprint density at radius 3 is 2.18 bits per heavy atom. The summed E-state index contributed by atoms with van der Waals surface area (Å²) in [6, 6.07) is 18.5. The van der Waals surface area contributed by atoms with Crippen LogP contribution in [-0.4, -0.2) is 25.8 Å². The zero-order valence-electron chi connectivity index (χ0n) is 20.4. The third kappa shape index (κ3) is 7.24. The van der Waals surface area contributed by atoms with Crippen molar-refractivity contribution < 1.29 is 28.5 Å². The molecule has 0 amide bonds.